The Labute approximate surface area is 142 Å². The maximum atomic E-state index is 12.1. The molecule has 0 radical (unpaired) electrons. The molecule has 1 aromatic carbocycles. The van der Waals surface area contributed by atoms with Crippen molar-refractivity contribution in [1.29, 1.82) is 0 Å². The van der Waals surface area contributed by atoms with Gasteiger partial charge in [-0.3, -0.25) is 9.20 Å². The quantitative estimate of drug-likeness (QED) is 0.768. The van der Waals surface area contributed by atoms with Crippen LogP contribution in [-0.4, -0.2) is 27.2 Å². The van der Waals surface area contributed by atoms with E-state index in [0.29, 0.717) is 22.1 Å². The second kappa shape index (κ2) is 6.76. The highest BCUT2D eigenvalue weighted by Gasteiger charge is 2.11. The number of pyridine rings is 1. The topological polar surface area (TPSA) is 77.6 Å². The average Bonchev–Trinajstić information content (AvgIpc) is 2.90. The predicted molar refractivity (Wildman–Crippen MR) is 90.7 cm³/mol. The lowest BCUT2D eigenvalue weighted by Crippen LogP contribution is -2.24. The van der Waals surface area contributed by atoms with Gasteiger partial charge in [0.25, 0.3) is 0 Å². The van der Waals surface area contributed by atoms with Crippen molar-refractivity contribution in [1.82, 2.24) is 14.2 Å². The number of nitrogens with one attached hydrogen (secondary N) is 1. The largest absolute Gasteiger partial charge is 0.495 e. The van der Waals surface area contributed by atoms with Crippen LogP contribution in [-0.2, 0) is 11.3 Å². The summed E-state index contributed by atoms with van der Waals surface area (Å²) < 4.78 is 7.88. The van der Waals surface area contributed by atoms with E-state index in [1.54, 1.807) is 42.6 Å². The number of anilines is 1. The summed E-state index contributed by atoms with van der Waals surface area (Å²) in [4.78, 5) is 24.3. The van der Waals surface area contributed by atoms with E-state index >= 15 is 0 Å². The number of amides is 1. The molecule has 24 heavy (non-hydrogen) atoms. The fraction of sp³-hybridized carbons (Fsp3) is 0.188. The SMILES string of the molecule is COc1ccc(Cl)cc1NC(=O)CCn1nc2ccccn2c1=O. The summed E-state index contributed by atoms with van der Waals surface area (Å²) in [6.45, 7) is 0.176. The molecule has 0 spiro atoms. The number of benzene rings is 1. The summed E-state index contributed by atoms with van der Waals surface area (Å²) in [5.74, 6) is 0.247. The van der Waals surface area contributed by atoms with Gasteiger partial charge >= 0.3 is 5.69 Å². The summed E-state index contributed by atoms with van der Waals surface area (Å²) in [7, 11) is 1.51. The first kappa shape index (κ1) is 16.1. The number of hydrogen-bond donors (Lipinski definition) is 1. The Morgan fingerprint density at radius 3 is 2.92 bits per heavy atom. The molecule has 0 aliphatic rings. The summed E-state index contributed by atoms with van der Waals surface area (Å²) in [5.41, 5.74) is 0.746. The van der Waals surface area contributed by atoms with Gasteiger partial charge in [-0.25, -0.2) is 9.48 Å². The standard InChI is InChI=1S/C16H15ClN4O3/c1-24-13-6-5-11(17)10-12(13)18-15(22)7-9-21-16(23)20-8-3-2-4-14(20)19-21/h2-6,8,10H,7,9H2,1H3,(H,18,22). The summed E-state index contributed by atoms with van der Waals surface area (Å²) in [5, 5.41) is 7.40. The number of hydrogen-bond acceptors (Lipinski definition) is 4. The summed E-state index contributed by atoms with van der Waals surface area (Å²) >= 11 is 5.93. The Morgan fingerprint density at radius 1 is 1.33 bits per heavy atom. The highest BCUT2D eigenvalue weighted by molar-refractivity contribution is 6.31. The van der Waals surface area contributed by atoms with Gasteiger partial charge in [0.2, 0.25) is 5.91 Å². The van der Waals surface area contributed by atoms with E-state index in [4.69, 9.17) is 16.3 Å². The molecule has 124 valence electrons. The minimum absolute atomic E-state index is 0.0967. The summed E-state index contributed by atoms with van der Waals surface area (Å²) in [6, 6.07) is 10.2. The zero-order valence-corrected chi connectivity index (χ0v) is 13.7. The lowest BCUT2D eigenvalue weighted by Gasteiger charge is -2.10. The van der Waals surface area contributed by atoms with Crippen LogP contribution >= 0.6 is 11.6 Å². The van der Waals surface area contributed by atoms with Gasteiger partial charge in [-0.1, -0.05) is 17.7 Å². The Bertz CT molecular complexity index is 948. The Morgan fingerprint density at radius 2 is 2.17 bits per heavy atom. The molecule has 0 bridgehead atoms. The van der Waals surface area contributed by atoms with Crippen LogP contribution in [0, 0.1) is 0 Å². The number of fused-ring (bicyclic) bond motifs is 1. The van der Waals surface area contributed by atoms with Crippen LogP contribution in [0.3, 0.4) is 0 Å². The molecule has 1 N–H and O–H groups in total. The van der Waals surface area contributed by atoms with Gasteiger partial charge in [-0.2, -0.15) is 0 Å². The van der Waals surface area contributed by atoms with Crippen LogP contribution < -0.4 is 15.7 Å². The minimum Gasteiger partial charge on any atom is -0.495 e. The predicted octanol–water partition coefficient (Wildman–Crippen LogP) is 2.19. The summed E-state index contributed by atoms with van der Waals surface area (Å²) in [6.07, 6.45) is 1.73. The molecular formula is C16H15ClN4O3. The average molecular weight is 347 g/mol. The first-order valence-electron chi connectivity index (χ1n) is 7.26. The van der Waals surface area contributed by atoms with Crippen LogP contribution in [0.5, 0.6) is 5.75 Å². The van der Waals surface area contributed by atoms with Gasteiger partial charge in [0, 0.05) is 17.6 Å². The van der Waals surface area contributed by atoms with Crippen molar-refractivity contribution in [2.45, 2.75) is 13.0 Å². The third kappa shape index (κ3) is 3.26. The number of nitrogens with zero attached hydrogens (tertiary/aromatic N) is 3. The van der Waals surface area contributed by atoms with Crippen LogP contribution in [0.15, 0.2) is 47.4 Å². The molecule has 2 heterocycles. The van der Waals surface area contributed by atoms with E-state index in [1.165, 1.54) is 16.2 Å². The lowest BCUT2D eigenvalue weighted by atomic mass is 10.2. The Hall–Kier alpha value is -2.80. The Kier molecular flexibility index (Phi) is 4.52. The molecule has 8 heteroatoms. The fourth-order valence-corrected chi connectivity index (χ4v) is 2.48. The molecule has 3 rings (SSSR count). The van der Waals surface area contributed by atoms with Crippen LogP contribution in [0.25, 0.3) is 5.65 Å². The van der Waals surface area contributed by atoms with Gasteiger partial charge < -0.3 is 10.1 Å². The maximum Gasteiger partial charge on any atom is 0.350 e. The second-order valence-corrected chi connectivity index (χ2v) is 5.51. The molecule has 0 fully saturated rings. The van der Waals surface area contributed by atoms with Crippen LogP contribution in [0.4, 0.5) is 5.69 Å². The van der Waals surface area contributed by atoms with E-state index in [1.807, 2.05) is 0 Å². The molecule has 0 saturated carbocycles. The van der Waals surface area contributed by atoms with Crippen LogP contribution in [0.2, 0.25) is 5.02 Å². The number of aryl methyl sites for hydroxylation is 1. The molecule has 0 aliphatic carbocycles. The molecule has 2 aromatic heterocycles. The number of halogens is 1. The van der Waals surface area contributed by atoms with Crippen molar-refractivity contribution in [3.8, 4) is 5.75 Å². The van der Waals surface area contributed by atoms with Crippen molar-refractivity contribution in [2.24, 2.45) is 0 Å². The number of ether oxygens (including phenoxy) is 1. The Balaban J connectivity index is 1.70. The van der Waals surface area contributed by atoms with E-state index < -0.39 is 0 Å². The number of aromatic nitrogens is 3. The van der Waals surface area contributed by atoms with Crippen molar-refractivity contribution in [3.63, 3.8) is 0 Å². The van der Waals surface area contributed by atoms with Gasteiger partial charge in [0.1, 0.15) is 5.75 Å². The molecule has 0 unspecified atom stereocenters. The molecule has 1 amide bonds. The van der Waals surface area contributed by atoms with Crippen molar-refractivity contribution < 1.29 is 9.53 Å². The molecule has 0 saturated heterocycles. The number of carbonyl (C=O) groups excluding carboxylic acids is 1. The molecule has 3 aromatic rings. The monoisotopic (exact) mass is 346 g/mol. The third-order valence-corrected chi connectivity index (χ3v) is 3.71. The van der Waals surface area contributed by atoms with E-state index in [0.717, 1.165) is 0 Å². The van der Waals surface area contributed by atoms with Crippen molar-refractivity contribution >= 4 is 28.8 Å². The van der Waals surface area contributed by atoms with E-state index in [2.05, 4.69) is 10.4 Å². The minimum atomic E-state index is -0.279. The van der Waals surface area contributed by atoms with Gasteiger partial charge in [-0.05, 0) is 30.3 Å². The number of rotatable bonds is 5. The van der Waals surface area contributed by atoms with E-state index in [9.17, 15) is 9.59 Å². The smallest absolute Gasteiger partial charge is 0.350 e. The van der Waals surface area contributed by atoms with Crippen molar-refractivity contribution in [2.75, 3.05) is 12.4 Å². The van der Waals surface area contributed by atoms with Gasteiger partial charge in [-0.15, -0.1) is 5.10 Å². The van der Waals surface area contributed by atoms with Crippen molar-refractivity contribution in [3.05, 3.63) is 58.1 Å². The third-order valence-electron chi connectivity index (χ3n) is 3.47. The highest BCUT2D eigenvalue weighted by Crippen LogP contribution is 2.27. The zero-order chi connectivity index (χ0) is 17.1. The first-order chi connectivity index (χ1) is 11.6. The van der Waals surface area contributed by atoms with Gasteiger partial charge in [0.05, 0.1) is 19.3 Å². The number of methoxy groups -OCH3 is 1. The lowest BCUT2D eigenvalue weighted by molar-refractivity contribution is -0.116. The molecule has 0 atom stereocenters. The number of carbonyl (C=O) groups is 1. The first-order valence-corrected chi connectivity index (χ1v) is 7.64. The van der Waals surface area contributed by atoms with Gasteiger partial charge in [0.15, 0.2) is 5.65 Å². The molecule has 0 aliphatic heterocycles. The molecule has 7 nitrogen and oxygen atoms in total. The second-order valence-electron chi connectivity index (χ2n) is 5.08. The maximum absolute atomic E-state index is 12.1. The normalized spacial score (nSPS) is 10.8. The van der Waals surface area contributed by atoms with Crippen LogP contribution in [0.1, 0.15) is 6.42 Å². The van der Waals surface area contributed by atoms with E-state index in [-0.39, 0.29) is 24.6 Å². The fourth-order valence-electron chi connectivity index (χ4n) is 2.31. The highest BCUT2D eigenvalue weighted by atomic mass is 35.5. The molecular weight excluding hydrogens is 332 g/mol. The zero-order valence-electron chi connectivity index (χ0n) is 12.9.